The number of carbonyl (C=O) groups excluding carboxylic acids is 1. The van der Waals surface area contributed by atoms with Crippen LogP contribution in [0.2, 0.25) is 0 Å². The standard InChI is InChI=1S/C45H91NO4/c1-3-5-7-9-11-13-15-17-19-21-23-25-27-29-31-33-35-37-39-44(49)43(41-47)46-45(50)40-42(48)38-36-34-32-30-28-26-24-22-20-18-16-14-12-10-8-6-4-2/h42-44,47-49H,3-41H2,1-2H3,(H,46,50). The molecular formula is C45H91NO4. The van der Waals surface area contributed by atoms with Crippen LogP contribution in [0.3, 0.4) is 0 Å². The molecule has 1 amide bonds. The van der Waals surface area contributed by atoms with Gasteiger partial charge < -0.3 is 20.6 Å². The number of hydrogen-bond acceptors (Lipinski definition) is 4. The quantitative estimate of drug-likeness (QED) is 0.0475. The molecule has 0 saturated carbocycles. The second-order valence-corrected chi connectivity index (χ2v) is 16.0. The zero-order valence-corrected chi connectivity index (χ0v) is 34.1. The number of unbranched alkanes of at least 4 members (excludes halogenated alkanes) is 33. The van der Waals surface area contributed by atoms with E-state index in [1.807, 2.05) is 0 Å². The number of nitrogens with one attached hydrogen (secondary N) is 1. The predicted molar refractivity (Wildman–Crippen MR) is 218 cm³/mol. The molecule has 300 valence electrons. The maximum Gasteiger partial charge on any atom is 0.222 e. The highest BCUT2D eigenvalue weighted by molar-refractivity contribution is 5.76. The van der Waals surface area contributed by atoms with E-state index in [9.17, 15) is 20.1 Å². The van der Waals surface area contributed by atoms with Gasteiger partial charge in [0.2, 0.25) is 5.91 Å². The Balaban J connectivity index is 3.57. The third kappa shape index (κ3) is 37.1. The summed E-state index contributed by atoms with van der Waals surface area (Å²) in [5.41, 5.74) is 0. The first-order chi connectivity index (χ1) is 24.5. The zero-order chi connectivity index (χ0) is 36.6. The monoisotopic (exact) mass is 710 g/mol. The van der Waals surface area contributed by atoms with E-state index in [0.29, 0.717) is 12.8 Å². The summed E-state index contributed by atoms with van der Waals surface area (Å²) in [4.78, 5) is 12.5. The van der Waals surface area contributed by atoms with Gasteiger partial charge in [0, 0.05) is 0 Å². The molecule has 0 bridgehead atoms. The lowest BCUT2D eigenvalue weighted by molar-refractivity contribution is -0.125. The van der Waals surface area contributed by atoms with Crippen LogP contribution in [-0.2, 0) is 4.79 Å². The fourth-order valence-corrected chi connectivity index (χ4v) is 7.41. The van der Waals surface area contributed by atoms with Gasteiger partial charge in [-0.1, -0.05) is 239 Å². The second-order valence-electron chi connectivity index (χ2n) is 16.0. The van der Waals surface area contributed by atoms with Crippen molar-refractivity contribution in [3.8, 4) is 0 Å². The maximum atomic E-state index is 12.5. The smallest absolute Gasteiger partial charge is 0.222 e. The summed E-state index contributed by atoms with van der Waals surface area (Å²) in [6, 6.07) is -0.652. The molecule has 5 heteroatoms. The van der Waals surface area contributed by atoms with E-state index >= 15 is 0 Å². The summed E-state index contributed by atoms with van der Waals surface area (Å²) < 4.78 is 0. The minimum Gasteiger partial charge on any atom is -0.394 e. The van der Waals surface area contributed by atoms with Crippen LogP contribution < -0.4 is 5.32 Å². The van der Waals surface area contributed by atoms with E-state index in [2.05, 4.69) is 19.2 Å². The van der Waals surface area contributed by atoms with Gasteiger partial charge in [0.05, 0.1) is 31.3 Å². The lowest BCUT2D eigenvalue weighted by Gasteiger charge is -2.23. The SMILES string of the molecule is CCCCCCCCCCCCCCCCCCCCC(O)C(CO)NC(=O)CC(O)CCCCCCCCCCCCCCCCCCC. The third-order valence-electron chi connectivity index (χ3n) is 10.9. The summed E-state index contributed by atoms with van der Waals surface area (Å²) >= 11 is 0. The third-order valence-corrected chi connectivity index (χ3v) is 10.9. The Kier molecular flexibility index (Phi) is 40.6. The van der Waals surface area contributed by atoms with Crippen LogP contribution in [0.5, 0.6) is 0 Å². The van der Waals surface area contributed by atoms with Gasteiger partial charge in [0.25, 0.3) is 0 Å². The Bertz CT molecular complexity index is 659. The first kappa shape index (κ1) is 49.4. The minimum atomic E-state index is -0.743. The van der Waals surface area contributed by atoms with E-state index in [4.69, 9.17) is 0 Å². The van der Waals surface area contributed by atoms with Gasteiger partial charge >= 0.3 is 0 Å². The summed E-state index contributed by atoms with van der Waals surface area (Å²) in [7, 11) is 0. The van der Waals surface area contributed by atoms with Crippen molar-refractivity contribution in [3.63, 3.8) is 0 Å². The van der Waals surface area contributed by atoms with Crippen LogP contribution in [-0.4, -0.2) is 46.1 Å². The molecule has 0 aliphatic heterocycles. The maximum absolute atomic E-state index is 12.5. The number of aliphatic hydroxyl groups excluding tert-OH is 3. The van der Waals surface area contributed by atoms with Gasteiger partial charge in [-0.3, -0.25) is 4.79 Å². The molecule has 5 nitrogen and oxygen atoms in total. The number of amides is 1. The van der Waals surface area contributed by atoms with Crippen molar-refractivity contribution >= 4 is 5.91 Å². The van der Waals surface area contributed by atoms with Gasteiger partial charge in [-0.2, -0.15) is 0 Å². The highest BCUT2D eigenvalue weighted by atomic mass is 16.3. The van der Waals surface area contributed by atoms with Crippen LogP contribution in [0.1, 0.15) is 258 Å². The molecule has 3 atom stereocenters. The molecule has 0 fully saturated rings. The van der Waals surface area contributed by atoms with E-state index in [1.54, 1.807) is 0 Å². The van der Waals surface area contributed by atoms with E-state index in [0.717, 1.165) is 25.7 Å². The average Bonchev–Trinajstić information content (AvgIpc) is 3.11. The number of carbonyl (C=O) groups is 1. The topological polar surface area (TPSA) is 89.8 Å². The molecule has 0 aromatic carbocycles. The molecule has 0 aromatic heterocycles. The molecule has 0 radical (unpaired) electrons. The van der Waals surface area contributed by atoms with Crippen LogP contribution in [0.15, 0.2) is 0 Å². The van der Waals surface area contributed by atoms with Crippen molar-refractivity contribution in [1.82, 2.24) is 5.32 Å². The van der Waals surface area contributed by atoms with E-state index in [1.165, 1.54) is 199 Å². The Morgan fingerprint density at radius 1 is 0.420 bits per heavy atom. The van der Waals surface area contributed by atoms with Gasteiger partial charge in [-0.15, -0.1) is 0 Å². The van der Waals surface area contributed by atoms with Crippen molar-refractivity contribution < 1.29 is 20.1 Å². The summed E-state index contributed by atoms with van der Waals surface area (Å²) in [6.45, 7) is 4.29. The molecule has 0 spiro atoms. The number of rotatable bonds is 42. The Morgan fingerprint density at radius 3 is 0.960 bits per heavy atom. The van der Waals surface area contributed by atoms with Crippen molar-refractivity contribution in [1.29, 1.82) is 0 Å². The van der Waals surface area contributed by atoms with Crippen molar-refractivity contribution in [3.05, 3.63) is 0 Å². The van der Waals surface area contributed by atoms with Crippen LogP contribution in [0.25, 0.3) is 0 Å². The highest BCUT2D eigenvalue weighted by Crippen LogP contribution is 2.17. The lowest BCUT2D eigenvalue weighted by Crippen LogP contribution is -2.46. The Hall–Kier alpha value is -0.650. The van der Waals surface area contributed by atoms with Crippen molar-refractivity contribution in [2.75, 3.05) is 6.61 Å². The molecule has 0 saturated heterocycles. The van der Waals surface area contributed by atoms with Crippen LogP contribution >= 0.6 is 0 Å². The van der Waals surface area contributed by atoms with Crippen molar-refractivity contribution in [2.24, 2.45) is 0 Å². The van der Waals surface area contributed by atoms with Crippen LogP contribution in [0, 0.1) is 0 Å². The highest BCUT2D eigenvalue weighted by Gasteiger charge is 2.21. The Labute approximate surface area is 313 Å². The van der Waals surface area contributed by atoms with Gasteiger partial charge in [-0.05, 0) is 12.8 Å². The summed E-state index contributed by atoms with van der Waals surface area (Å²) in [6.07, 6.45) is 46.4. The number of hydrogen-bond donors (Lipinski definition) is 4. The zero-order valence-electron chi connectivity index (χ0n) is 34.1. The minimum absolute atomic E-state index is 0.0429. The van der Waals surface area contributed by atoms with Gasteiger partial charge in [0.1, 0.15) is 0 Å². The first-order valence-corrected chi connectivity index (χ1v) is 22.8. The summed E-state index contributed by atoms with van der Waals surface area (Å²) in [5, 5.41) is 33.4. The van der Waals surface area contributed by atoms with Crippen molar-refractivity contribution in [2.45, 2.75) is 276 Å². The molecule has 0 aliphatic rings. The Morgan fingerprint density at radius 2 is 0.680 bits per heavy atom. The molecule has 0 aromatic rings. The molecule has 0 rings (SSSR count). The van der Waals surface area contributed by atoms with E-state index < -0.39 is 18.2 Å². The fraction of sp³-hybridized carbons (Fsp3) is 0.978. The normalized spacial score (nSPS) is 13.5. The lowest BCUT2D eigenvalue weighted by atomic mass is 10.0. The van der Waals surface area contributed by atoms with E-state index in [-0.39, 0.29) is 18.9 Å². The van der Waals surface area contributed by atoms with Gasteiger partial charge in [-0.25, -0.2) is 0 Å². The molecule has 4 N–H and O–H groups in total. The van der Waals surface area contributed by atoms with Crippen LogP contribution in [0.4, 0.5) is 0 Å². The summed E-state index contributed by atoms with van der Waals surface area (Å²) in [5.74, 6) is -0.277. The first-order valence-electron chi connectivity index (χ1n) is 22.8. The predicted octanol–water partition coefficient (Wildman–Crippen LogP) is 13.0. The fourth-order valence-electron chi connectivity index (χ4n) is 7.41. The van der Waals surface area contributed by atoms with Gasteiger partial charge in [0.15, 0.2) is 0 Å². The second kappa shape index (κ2) is 41.1. The largest absolute Gasteiger partial charge is 0.394 e. The molecule has 0 heterocycles. The molecule has 0 aliphatic carbocycles. The number of aliphatic hydroxyl groups is 3. The molecule has 50 heavy (non-hydrogen) atoms. The average molecular weight is 710 g/mol. The molecular weight excluding hydrogens is 618 g/mol. The molecule has 3 unspecified atom stereocenters.